The van der Waals surface area contributed by atoms with Crippen LogP contribution in [0.5, 0.6) is 0 Å². The highest BCUT2D eigenvalue weighted by molar-refractivity contribution is 5.81. The molecule has 1 heterocycles. The van der Waals surface area contributed by atoms with E-state index in [9.17, 15) is 9.90 Å². The Morgan fingerprint density at radius 2 is 1.84 bits per heavy atom. The number of nitrogens with zero attached hydrogens (tertiary/aromatic N) is 2. The molecular formula is C14H29N3O2. The fourth-order valence-electron chi connectivity index (χ4n) is 2.65. The van der Waals surface area contributed by atoms with Crippen molar-refractivity contribution in [3.05, 3.63) is 0 Å². The van der Waals surface area contributed by atoms with Gasteiger partial charge in [0.2, 0.25) is 5.91 Å². The van der Waals surface area contributed by atoms with Crippen LogP contribution < -0.4 is 5.73 Å². The summed E-state index contributed by atoms with van der Waals surface area (Å²) in [5.74, 6) is 0.518. The second-order valence-corrected chi connectivity index (χ2v) is 5.84. The molecule has 1 saturated heterocycles. The van der Waals surface area contributed by atoms with Crippen LogP contribution in [0.3, 0.4) is 0 Å². The van der Waals surface area contributed by atoms with Crippen molar-refractivity contribution in [1.29, 1.82) is 0 Å². The highest BCUT2D eigenvalue weighted by atomic mass is 16.3. The predicted octanol–water partition coefficient (Wildman–Crippen LogP) is 0.275. The number of nitrogens with two attached hydrogens (primary N) is 1. The van der Waals surface area contributed by atoms with Gasteiger partial charge in [-0.1, -0.05) is 20.8 Å². The molecule has 0 radical (unpaired) electrons. The molecule has 1 aliphatic rings. The minimum absolute atomic E-state index is 0.0744. The molecule has 1 rings (SSSR count). The molecule has 0 aliphatic carbocycles. The van der Waals surface area contributed by atoms with Gasteiger partial charge in [0.15, 0.2) is 0 Å². The van der Waals surface area contributed by atoms with Gasteiger partial charge in [-0.15, -0.1) is 0 Å². The predicted molar refractivity (Wildman–Crippen MR) is 76.7 cm³/mol. The fourth-order valence-corrected chi connectivity index (χ4v) is 2.65. The van der Waals surface area contributed by atoms with Gasteiger partial charge in [-0.05, 0) is 18.8 Å². The Morgan fingerprint density at radius 3 is 2.26 bits per heavy atom. The van der Waals surface area contributed by atoms with Gasteiger partial charge >= 0.3 is 0 Å². The van der Waals surface area contributed by atoms with E-state index in [0.717, 1.165) is 39.0 Å². The molecule has 0 aromatic rings. The second-order valence-electron chi connectivity index (χ2n) is 5.84. The van der Waals surface area contributed by atoms with Gasteiger partial charge < -0.3 is 15.7 Å². The molecule has 0 bridgehead atoms. The minimum atomic E-state index is -0.369. The number of rotatable bonds is 6. The summed E-state index contributed by atoms with van der Waals surface area (Å²) in [6.07, 6.45) is 1.69. The number of aliphatic hydroxyl groups excluding tert-OH is 1. The van der Waals surface area contributed by atoms with Gasteiger partial charge in [-0.25, -0.2) is 0 Å². The maximum absolute atomic E-state index is 12.2. The lowest BCUT2D eigenvalue weighted by molar-refractivity contribution is -0.135. The van der Waals surface area contributed by atoms with Crippen molar-refractivity contribution in [2.75, 3.05) is 32.8 Å². The summed E-state index contributed by atoms with van der Waals surface area (Å²) in [4.78, 5) is 16.3. The van der Waals surface area contributed by atoms with Crippen molar-refractivity contribution in [1.82, 2.24) is 9.80 Å². The molecule has 19 heavy (non-hydrogen) atoms. The minimum Gasteiger partial charge on any atom is -0.395 e. The number of aliphatic hydroxyl groups is 1. The molecule has 1 aliphatic heterocycles. The first-order valence-corrected chi connectivity index (χ1v) is 7.38. The van der Waals surface area contributed by atoms with E-state index in [1.54, 1.807) is 0 Å². The van der Waals surface area contributed by atoms with Crippen LogP contribution in [0.1, 0.15) is 33.6 Å². The van der Waals surface area contributed by atoms with Crippen molar-refractivity contribution >= 4 is 5.91 Å². The first-order valence-electron chi connectivity index (χ1n) is 7.38. The van der Waals surface area contributed by atoms with Crippen molar-refractivity contribution in [2.24, 2.45) is 11.7 Å². The monoisotopic (exact) mass is 271 g/mol. The van der Waals surface area contributed by atoms with Crippen LogP contribution in [-0.4, -0.2) is 65.7 Å². The molecule has 112 valence electrons. The molecule has 2 atom stereocenters. The zero-order valence-electron chi connectivity index (χ0n) is 12.5. The second kappa shape index (κ2) is 7.82. The van der Waals surface area contributed by atoms with Crippen molar-refractivity contribution < 1.29 is 9.90 Å². The number of carbonyl (C=O) groups is 1. The Balaban J connectivity index is 2.42. The average Bonchev–Trinajstić information content (AvgIpc) is 2.39. The summed E-state index contributed by atoms with van der Waals surface area (Å²) in [6, 6.07) is -0.145. The Hall–Kier alpha value is -0.650. The summed E-state index contributed by atoms with van der Waals surface area (Å²) < 4.78 is 0. The molecular weight excluding hydrogens is 242 g/mol. The van der Waals surface area contributed by atoms with Gasteiger partial charge in [-0.2, -0.15) is 0 Å². The lowest BCUT2D eigenvalue weighted by Crippen LogP contribution is -2.55. The van der Waals surface area contributed by atoms with E-state index in [0.29, 0.717) is 5.92 Å². The van der Waals surface area contributed by atoms with Crippen molar-refractivity contribution in [2.45, 2.75) is 45.7 Å². The van der Waals surface area contributed by atoms with Crippen LogP contribution >= 0.6 is 0 Å². The van der Waals surface area contributed by atoms with Crippen molar-refractivity contribution in [3.63, 3.8) is 0 Å². The fraction of sp³-hybridized carbons (Fsp3) is 0.929. The molecule has 0 spiro atoms. The SMILES string of the molecule is CCC(CO)N1CCN(C(=O)[C@@H](N)CC(C)C)CC1. The third-order valence-corrected chi connectivity index (χ3v) is 3.87. The van der Waals surface area contributed by atoms with Crippen LogP contribution in [0.25, 0.3) is 0 Å². The normalized spacial score (nSPS) is 20.6. The molecule has 5 nitrogen and oxygen atoms in total. The van der Waals surface area contributed by atoms with Gasteiger partial charge in [0.1, 0.15) is 0 Å². The molecule has 1 fully saturated rings. The van der Waals surface area contributed by atoms with E-state index < -0.39 is 0 Å². The van der Waals surface area contributed by atoms with Gasteiger partial charge in [-0.3, -0.25) is 9.69 Å². The van der Waals surface area contributed by atoms with E-state index in [4.69, 9.17) is 5.73 Å². The lowest BCUT2D eigenvalue weighted by atomic mass is 10.0. The Labute approximate surface area is 116 Å². The van der Waals surface area contributed by atoms with Crippen molar-refractivity contribution in [3.8, 4) is 0 Å². The Kier molecular flexibility index (Phi) is 6.75. The molecule has 1 unspecified atom stereocenters. The number of carbonyl (C=O) groups excluding carboxylic acids is 1. The Bertz CT molecular complexity index is 272. The largest absolute Gasteiger partial charge is 0.395 e. The molecule has 1 amide bonds. The summed E-state index contributed by atoms with van der Waals surface area (Å²) in [5.41, 5.74) is 5.95. The number of hydrogen-bond acceptors (Lipinski definition) is 4. The van der Waals surface area contributed by atoms with Crippen LogP contribution in [0, 0.1) is 5.92 Å². The molecule has 0 aromatic heterocycles. The van der Waals surface area contributed by atoms with Crippen LogP contribution in [0.4, 0.5) is 0 Å². The van der Waals surface area contributed by atoms with Crippen LogP contribution in [0.2, 0.25) is 0 Å². The zero-order valence-corrected chi connectivity index (χ0v) is 12.5. The summed E-state index contributed by atoms with van der Waals surface area (Å²) in [7, 11) is 0. The smallest absolute Gasteiger partial charge is 0.239 e. The summed E-state index contributed by atoms with van der Waals surface area (Å²) in [6.45, 7) is 9.55. The Morgan fingerprint density at radius 1 is 1.26 bits per heavy atom. The van der Waals surface area contributed by atoms with Crippen LogP contribution in [-0.2, 0) is 4.79 Å². The highest BCUT2D eigenvalue weighted by Crippen LogP contribution is 2.11. The quantitative estimate of drug-likeness (QED) is 0.728. The number of hydrogen-bond donors (Lipinski definition) is 2. The third-order valence-electron chi connectivity index (χ3n) is 3.87. The van der Waals surface area contributed by atoms with E-state index >= 15 is 0 Å². The summed E-state index contributed by atoms with van der Waals surface area (Å²) >= 11 is 0. The molecule has 0 aromatic carbocycles. The van der Waals surface area contributed by atoms with E-state index in [1.807, 2.05) is 4.90 Å². The topological polar surface area (TPSA) is 69.8 Å². The standard InChI is InChI=1S/C14H29N3O2/c1-4-12(10-18)16-5-7-17(8-6-16)14(19)13(15)9-11(2)3/h11-13,18H,4-10,15H2,1-3H3/t12?,13-/m0/s1. The highest BCUT2D eigenvalue weighted by Gasteiger charge is 2.27. The first-order chi connectivity index (χ1) is 8.99. The molecule has 5 heteroatoms. The van der Waals surface area contributed by atoms with E-state index in [2.05, 4.69) is 25.7 Å². The molecule has 3 N–H and O–H groups in total. The van der Waals surface area contributed by atoms with Crippen LogP contribution in [0.15, 0.2) is 0 Å². The average molecular weight is 271 g/mol. The van der Waals surface area contributed by atoms with E-state index in [1.165, 1.54) is 0 Å². The number of amides is 1. The van der Waals surface area contributed by atoms with Gasteiger partial charge in [0.25, 0.3) is 0 Å². The zero-order chi connectivity index (χ0) is 14.4. The van der Waals surface area contributed by atoms with Gasteiger partial charge in [0, 0.05) is 32.2 Å². The van der Waals surface area contributed by atoms with Gasteiger partial charge in [0.05, 0.1) is 12.6 Å². The third kappa shape index (κ3) is 4.75. The first kappa shape index (κ1) is 16.4. The molecule has 0 saturated carbocycles. The maximum Gasteiger partial charge on any atom is 0.239 e. The maximum atomic E-state index is 12.2. The van der Waals surface area contributed by atoms with E-state index in [-0.39, 0.29) is 24.6 Å². The summed E-state index contributed by atoms with van der Waals surface area (Å²) in [5, 5.41) is 9.30. The number of piperazine rings is 1. The lowest BCUT2D eigenvalue weighted by Gasteiger charge is -2.39.